The molecule has 24 heavy (non-hydrogen) atoms. The van der Waals surface area contributed by atoms with Crippen LogP contribution in [0.4, 0.5) is 0 Å². The molecular weight excluding hydrogens is 312 g/mol. The largest absolute Gasteiger partial charge is 0.377 e. The molecule has 0 saturated carbocycles. The number of hydrazine groups is 1. The van der Waals surface area contributed by atoms with Crippen LogP contribution in [0.15, 0.2) is 0 Å². The highest BCUT2D eigenvalue weighted by Crippen LogP contribution is 2.17. The molecule has 0 saturated heterocycles. The molecule has 8 nitrogen and oxygen atoms in total. The highest BCUT2D eigenvalue weighted by atomic mass is 16.5. The van der Waals surface area contributed by atoms with Crippen LogP contribution >= 0.6 is 0 Å². The van der Waals surface area contributed by atoms with E-state index in [0.717, 1.165) is 6.42 Å². The zero-order valence-electron chi connectivity index (χ0n) is 15.7. The van der Waals surface area contributed by atoms with Gasteiger partial charge in [-0.2, -0.15) is 0 Å². The zero-order valence-corrected chi connectivity index (χ0v) is 15.7. The van der Waals surface area contributed by atoms with E-state index in [1.54, 1.807) is 0 Å². The van der Waals surface area contributed by atoms with Crippen molar-refractivity contribution in [2.24, 2.45) is 11.6 Å². The Morgan fingerprint density at radius 2 is 1.67 bits per heavy atom. The van der Waals surface area contributed by atoms with Gasteiger partial charge in [0, 0.05) is 26.1 Å². The summed E-state index contributed by atoms with van der Waals surface area (Å²) in [5.74, 6) is 5.14. The number of hydrogen-bond donors (Lipinski definition) is 4. The second-order valence-corrected chi connectivity index (χ2v) is 6.86. The first-order valence-corrected chi connectivity index (χ1v) is 8.48. The molecule has 8 heteroatoms. The first-order valence-electron chi connectivity index (χ1n) is 8.48. The molecule has 0 aliphatic heterocycles. The van der Waals surface area contributed by atoms with E-state index < -0.39 is 0 Å². The van der Waals surface area contributed by atoms with Gasteiger partial charge in [-0.05, 0) is 34.1 Å². The van der Waals surface area contributed by atoms with Crippen molar-refractivity contribution in [2.75, 3.05) is 46.1 Å². The van der Waals surface area contributed by atoms with Crippen molar-refractivity contribution >= 4 is 5.91 Å². The van der Waals surface area contributed by atoms with Crippen molar-refractivity contribution in [1.82, 2.24) is 10.7 Å². The maximum absolute atomic E-state index is 11.3. The monoisotopic (exact) mass is 348 g/mol. The summed E-state index contributed by atoms with van der Waals surface area (Å²) in [5, 5.41) is 2.76. The first kappa shape index (κ1) is 23.2. The predicted molar refractivity (Wildman–Crippen MR) is 94.4 cm³/mol. The topological polar surface area (TPSA) is 121 Å². The fraction of sp³-hybridized carbons (Fsp3) is 0.938. The Balaban J connectivity index is 3.83. The number of amides is 1. The summed E-state index contributed by atoms with van der Waals surface area (Å²) in [6.07, 6.45) is 1.09. The van der Waals surface area contributed by atoms with Crippen molar-refractivity contribution in [2.45, 2.75) is 51.7 Å². The third-order valence-electron chi connectivity index (χ3n) is 3.33. The molecular formula is C16H36N4O4. The Bertz CT molecular complexity index is 338. The van der Waals surface area contributed by atoms with Gasteiger partial charge in [-0.25, -0.2) is 0 Å². The normalized spacial score (nSPS) is 12.4. The van der Waals surface area contributed by atoms with Gasteiger partial charge in [0.1, 0.15) is 0 Å². The second-order valence-electron chi connectivity index (χ2n) is 6.86. The summed E-state index contributed by atoms with van der Waals surface area (Å²) in [6, 6.07) is 0. The summed E-state index contributed by atoms with van der Waals surface area (Å²) < 4.78 is 17.2. The number of carbonyl (C=O) groups is 1. The van der Waals surface area contributed by atoms with Crippen LogP contribution in [0.1, 0.15) is 40.5 Å². The molecule has 0 heterocycles. The molecule has 144 valence electrons. The van der Waals surface area contributed by atoms with E-state index in [9.17, 15) is 4.79 Å². The van der Waals surface area contributed by atoms with Crippen molar-refractivity contribution in [3.63, 3.8) is 0 Å². The number of carbonyl (C=O) groups excluding carboxylic acids is 1. The average molecular weight is 348 g/mol. The van der Waals surface area contributed by atoms with Crippen LogP contribution in [-0.2, 0) is 19.0 Å². The number of ether oxygens (including phenoxy) is 3. The van der Waals surface area contributed by atoms with Crippen molar-refractivity contribution in [3.8, 4) is 0 Å². The molecule has 0 aliphatic carbocycles. The smallest absolute Gasteiger partial charge is 0.221 e. The van der Waals surface area contributed by atoms with Crippen LogP contribution in [0.2, 0.25) is 0 Å². The highest BCUT2D eigenvalue weighted by molar-refractivity contribution is 5.75. The van der Waals surface area contributed by atoms with E-state index in [1.165, 1.54) is 0 Å². The van der Waals surface area contributed by atoms with Crippen LogP contribution in [0.5, 0.6) is 0 Å². The number of rotatable bonds is 15. The molecule has 1 amide bonds. The summed E-state index contributed by atoms with van der Waals surface area (Å²) in [4.78, 5) is 11.3. The summed E-state index contributed by atoms with van der Waals surface area (Å²) >= 11 is 0. The third kappa shape index (κ3) is 13.6. The minimum Gasteiger partial charge on any atom is -0.377 e. The molecule has 0 aliphatic rings. The van der Waals surface area contributed by atoms with Crippen LogP contribution in [0.25, 0.3) is 0 Å². The average Bonchev–Trinajstić information content (AvgIpc) is 2.48. The third-order valence-corrected chi connectivity index (χ3v) is 3.33. The lowest BCUT2D eigenvalue weighted by Crippen LogP contribution is -2.36. The number of nitrogens with two attached hydrogens (primary N) is 2. The lowest BCUT2D eigenvalue weighted by molar-refractivity contribution is -0.122. The fourth-order valence-corrected chi connectivity index (χ4v) is 1.87. The van der Waals surface area contributed by atoms with E-state index in [4.69, 9.17) is 25.8 Å². The van der Waals surface area contributed by atoms with Gasteiger partial charge in [-0.15, -0.1) is 0 Å². The summed E-state index contributed by atoms with van der Waals surface area (Å²) in [7, 11) is 0. The van der Waals surface area contributed by atoms with Gasteiger partial charge < -0.3 is 25.3 Å². The van der Waals surface area contributed by atoms with Gasteiger partial charge >= 0.3 is 0 Å². The Hall–Kier alpha value is -0.770. The Morgan fingerprint density at radius 3 is 2.29 bits per heavy atom. The van der Waals surface area contributed by atoms with E-state index in [2.05, 4.69) is 10.7 Å². The van der Waals surface area contributed by atoms with E-state index in [-0.39, 0.29) is 17.1 Å². The van der Waals surface area contributed by atoms with E-state index in [0.29, 0.717) is 52.5 Å². The molecule has 0 radical (unpaired) electrons. The van der Waals surface area contributed by atoms with Crippen LogP contribution in [0.3, 0.4) is 0 Å². The molecule has 0 aromatic carbocycles. The predicted octanol–water partition coefficient (Wildman–Crippen LogP) is -0.0882. The van der Waals surface area contributed by atoms with Crippen molar-refractivity contribution in [1.29, 1.82) is 0 Å². The lowest BCUT2D eigenvalue weighted by Gasteiger charge is -2.29. The fourth-order valence-electron chi connectivity index (χ4n) is 1.87. The van der Waals surface area contributed by atoms with Crippen LogP contribution < -0.4 is 22.3 Å². The zero-order chi connectivity index (χ0) is 18.5. The summed E-state index contributed by atoms with van der Waals surface area (Å²) in [5.41, 5.74) is 7.17. The second kappa shape index (κ2) is 12.6. The summed E-state index contributed by atoms with van der Waals surface area (Å²) in [6.45, 7) is 11.5. The van der Waals surface area contributed by atoms with Gasteiger partial charge in [-0.3, -0.25) is 16.1 Å². The molecule has 0 unspecified atom stereocenters. The number of nitrogens with one attached hydrogen (secondary N) is 2. The molecule has 0 aromatic heterocycles. The van der Waals surface area contributed by atoms with Gasteiger partial charge in [0.25, 0.3) is 0 Å². The first-order chi connectivity index (χ1) is 11.2. The van der Waals surface area contributed by atoms with Crippen molar-refractivity contribution in [3.05, 3.63) is 0 Å². The molecule has 6 N–H and O–H groups in total. The Kier molecular flexibility index (Phi) is 12.2. The number of hydrogen-bond acceptors (Lipinski definition) is 7. The Labute approximate surface area is 145 Å². The quantitative estimate of drug-likeness (QED) is 0.185. The Morgan fingerprint density at radius 1 is 1.00 bits per heavy atom. The van der Waals surface area contributed by atoms with Gasteiger partial charge in [0.2, 0.25) is 5.91 Å². The maximum Gasteiger partial charge on any atom is 0.221 e. The van der Waals surface area contributed by atoms with Gasteiger partial charge in [0.05, 0.1) is 37.6 Å². The molecule has 0 fully saturated rings. The van der Waals surface area contributed by atoms with Gasteiger partial charge in [0.15, 0.2) is 0 Å². The standard InChI is InChI=1S/C16H36N4O4/c1-15(2,24-12-8-19-14(21)5-7-17)6-10-23-16(3,4)13-22-11-9-20-18/h20H,5-13,17-18H2,1-4H3,(H,19,21). The van der Waals surface area contributed by atoms with E-state index >= 15 is 0 Å². The lowest BCUT2D eigenvalue weighted by atomic mass is 10.1. The molecule has 0 rings (SSSR count). The molecule has 0 spiro atoms. The van der Waals surface area contributed by atoms with Crippen LogP contribution in [0, 0.1) is 0 Å². The minimum absolute atomic E-state index is 0.0474. The molecule has 0 aromatic rings. The van der Waals surface area contributed by atoms with Gasteiger partial charge in [-0.1, -0.05) is 0 Å². The maximum atomic E-state index is 11.3. The van der Waals surface area contributed by atoms with Crippen molar-refractivity contribution < 1.29 is 19.0 Å². The highest BCUT2D eigenvalue weighted by Gasteiger charge is 2.23. The SMILES string of the molecule is CC(C)(CCOC(C)(C)COCCNN)OCCNC(=O)CCN. The van der Waals surface area contributed by atoms with Crippen LogP contribution in [-0.4, -0.2) is 63.2 Å². The minimum atomic E-state index is -0.360. The molecule has 0 bridgehead atoms. The molecule has 0 atom stereocenters. The van der Waals surface area contributed by atoms with E-state index in [1.807, 2.05) is 27.7 Å².